The Bertz CT molecular complexity index is 254. The molecule has 1 heterocycles. The Hall–Kier alpha value is -1.10. The molecule has 0 aromatic rings. The van der Waals surface area contributed by atoms with E-state index in [-0.39, 0.29) is 24.0 Å². The largest absolute Gasteiger partial charge is 0.465 e. The van der Waals surface area contributed by atoms with Crippen molar-refractivity contribution >= 4 is 11.9 Å². The van der Waals surface area contributed by atoms with Crippen molar-refractivity contribution in [2.75, 3.05) is 20.3 Å². The molecule has 0 N–H and O–H groups in total. The highest BCUT2D eigenvalue weighted by Gasteiger charge is 2.37. The molecular weight excluding hydrogens is 222 g/mol. The summed E-state index contributed by atoms with van der Waals surface area (Å²) in [6.07, 6.45) is 2.33. The third-order valence-electron chi connectivity index (χ3n) is 3.06. The standard InChI is InChI=1S/C12H21NO4/c1-4-16-11(14)9-7-6-8-10(13(9)3)12(15)17-5-2/h9-10H,4-8H2,1-3H3. The van der Waals surface area contributed by atoms with Crippen LogP contribution in [0.4, 0.5) is 0 Å². The lowest BCUT2D eigenvalue weighted by Crippen LogP contribution is -2.52. The number of carbonyl (C=O) groups is 2. The molecule has 1 fully saturated rings. The van der Waals surface area contributed by atoms with E-state index in [9.17, 15) is 9.59 Å². The second-order valence-corrected chi connectivity index (χ2v) is 4.13. The van der Waals surface area contributed by atoms with E-state index in [0.717, 1.165) is 19.3 Å². The molecule has 1 saturated heterocycles. The normalized spacial score (nSPS) is 25.4. The van der Waals surface area contributed by atoms with Crippen LogP contribution in [0.1, 0.15) is 33.1 Å². The predicted molar refractivity (Wildman–Crippen MR) is 62.5 cm³/mol. The zero-order valence-corrected chi connectivity index (χ0v) is 10.8. The van der Waals surface area contributed by atoms with Crippen LogP contribution in [0.5, 0.6) is 0 Å². The van der Waals surface area contributed by atoms with Crippen molar-refractivity contribution < 1.29 is 19.1 Å². The molecule has 0 radical (unpaired) electrons. The van der Waals surface area contributed by atoms with Crippen molar-refractivity contribution in [3.63, 3.8) is 0 Å². The maximum absolute atomic E-state index is 11.7. The van der Waals surface area contributed by atoms with E-state index in [1.54, 1.807) is 25.8 Å². The van der Waals surface area contributed by atoms with Crippen LogP contribution in [0.25, 0.3) is 0 Å². The Morgan fingerprint density at radius 3 is 1.82 bits per heavy atom. The Labute approximate surface area is 102 Å². The zero-order chi connectivity index (χ0) is 12.8. The number of ether oxygens (including phenoxy) is 2. The zero-order valence-electron chi connectivity index (χ0n) is 10.8. The summed E-state index contributed by atoms with van der Waals surface area (Å²) in [6, 6.07) is -0.642. The fourth-order valence-corrected chi connectivity index (χ4v) is 2.17. The van der Waals surface area contributed by atoms with E-state index >= 15 is 0 Å². The minimum Gasteiger partial charge on any atom is -0.465 e. The number of hydrogen-bond donors (Lipinski definition) is 0. The van der Waals surface area contributed by atoms with Crippen LogP contribution in [-0.4, -0.2) is 49.2 Å². The molecule has 0 spiro atoms. The summed E-state index contributed by atoms with van der Waals surface area (Å²) >= 11 is 0. The average molecular weight is 243 g/mol. The van der Waals surface area contributed by atoms with E-state index < -0.39 is 0 Å². The molecule has 0 aliphatic carbocycles. The van der Waals surface area contributed by atoms with Crippen LogP contribution in [0.2, 0.25) is 0 Å². The second-order valence-electron chi connectivity index (χ2n) is 4.13. The number of likely N-dealkylation sites (N-methyl/N-ethyl adjacent to an activating group) is 1. The molecule has 1 aliphatic heterocycles. The molecule has 17 heavy (non-hydrogen) atoms. The Balaban J connectivity index is 2.64. The molecule has 0 amide bonds. The first-order valence-electron chi connectivity index (χ1n) is 6.17. The second kappa shape index (κ2) is 6.59. The van der Waals surface area contributed by atoms with E-state index in [2.05, 4.69) is 0 Å². The monoisotopic (exact) mass is 243 g/mol. The highest BCUT2D eigenvalue weighted by Crippen LogP contribution is 2.23. The molecule has 5 heteroatoms. The lowest BCUT2D eigenvalue weighted by molar-refractivity contribution is -0.158. The van der Waals surface area contributed by atoms with Crippen LogP contribution in [-0.2, 0) is 19.1 Å². The van der Waals surface area contributed by atoms with Gasteiger partial charge >= 0.3 is 11.9 Å². The maximum atomic E-state index is 11.7. The van der Waals surface area contributed by atoms with Gasteiger partial charge in [-0.3, -0.25) is 14.5 Å². The van der Waals surface area contributed by atoms with Crippen LogP contribution in [0.15, 0.2) is 0 Å². The van der Waals surface area contributed by atoms with Gasteiger partial charge in [-0.25, -0.2) is 0 Å². The van der Waals surface area contributed by atoms with Gasteiger partial charge in [-0.15, -0.1) is 0 Å². The van der Waals surface area contributed by atoms with Crippen molar-refractivity contribution in [2.24, 2.45) is 0 Å². The number of nitrogens with zero attached hydrogens (tertiary/aromatic N) is 1. The van der Waals surface area contributed by atoms with Gasteiger partial charge in [-0.2, -0.15) is 0 Å². The van der Waals surface area contributed by atoms with Gasteiger partial charge in [0, 0.05) is 0 Å². The first-order valence-corrected chi connectivity index (χ1v) is 6.17. The molecule has 1 aliphatic rings. The van der Waals surface area contributed by atoms with Crippen molar-refractivity contribution in [3.05, 3.63) is 0 Å². The van der Waals surface area contributed by atoms with Gasteiger partial charge in [0.25, 0.3) is 0 Å². The van der Waals surface area contributed by atoms with Crippen LogP contribution in [0, 0.1) is 0 Å². The first kappa shape index (κ1) is 14.0. The van der Waals surface area contributed by atoms with Crippen molar-refractivity contribution in [1.29, 1.82) is 0 Å². The van der Waals surface area contributed by atoms with E-state index in [0.29, 0.717) is 13.2 Å². The Morgan fingerprint density at radius 2 is 1.47 bits per heavy atom. The summed E-state index contributed by atoms with van der Waals surface area (Å²) in [5, 5.41) is 0. The molecule has 2 unspecified atom stereocenters. The third kappa shape index (κ3) is 3.43. The van der Waals surface area contributed by atoms with E-state index in [4.69, 9.17) is 9.47 Å². The fraction of sp³-hybridized carbons (Fsp3) is 0.833. The summed E-state index contributed by atoms with van der Waals surface area (Å²) < 4.78 is 10.0. The van der Waals surface area contributed by atoms with Gasteiger partial charge in [0.15, 0.2) is 0 Å². The summed E-state index contributed by atoms with van der Waals surface area (Å²) in [5.41, 5.74) is 0. The fourth-order valence-electron chi connectivity index (χ4n) is 2.17. The van der Waals surface area contributed by atoms with Crippen molar-refractivity contribution in [3.8, 4) is 0 Å². The summed E-state index contributed by atoms with van der Waals surface area (Å²) in [5.74, 6) is -0.493. The minimum atomic E-state index is -0.321. The Kier molecular flexibility index (Phi) is 5.41. The number of hydrogen-bond acceptors (Lipinski definition) is 5. The lowest BCUT2D eigenvalue weighted by atomic mass is 9.96. The number of piperidine rings is 1. The number of carbonyl (C=O) groups excluding carboxylic acids is 2. The topological polar surface area (TPSA) is 55.8 Å². The molecule has 0 aromatic heterocycles. The van der Waals surface area contributed by atoms with Crippen molar-refractivity contribution in [2.45, 2.75) is 45.2 Å². The molecule has 0 bridgehead atoms. The van der Waals surface area contributed by atoms with Gasteiger partial charge in [-0.1, -0.05) is 0 Å². The van der Waals surface area contributed by atoms with Gasteiger partial charge < -0.3 is 9.47 Å². The molecule has 1 rings (SSSR count). The predicted octanol–water partition coefficient (Wildman–Crippen LogP) is 0.966. The highest BCUT2D eigenvalue weighted by atomic mass is 16.5. The number of rotatable bonds is 4. The van der Waals surface area contributed by atoms with E-state index in [1.165, 1.54) is 0 Å². The minimum absolute atomic E-state index is 0.246. The molecule has 0 saturated carbocycles. The van der Waals surface area contributed by atoms with Gasteiger partial charge in [0.2, 0.25) is 0 Å². The first-order chi connectivity index (χ1) is 8.11. The molecular formula is C12H21NO4. The molecule has 98 valence electrons. The Morgan fingerprint density at radius 1 is 1.06 bits per heavy atom. The number of likely N-dealkylation sites (tertiary alicyclic amines) is 1. The third-order valence-corrected chi connectivity index (χ3v) is 3.06. The highest BCUT2D eigenvalue weighted by molar-refractivity contribution is 5.80. The maximum Gasteiger partial charge on any atom is 0.323 e. The lowest BCUT2D eigenvalue weighted by Gasteiger charge is -2.36. The number of esters is 2. The van der Waals surface area contributed by atoms with Crippen LogP contribution >= 0.6 is 0 Å². The molecule has 2 atom stereocenters. The van der Waals surface area contributed by atoms with Crippen molar-refractivity contribution in [1.82, 2.24) is 4.90 Å². The van der Waals surface area contributed by atoms with Gasteiger partial charge in [0.1, 0.15) is 12.1 Å². The van der Waals surface area contributed by atoms with Gasteiger partial charge in [0.05, 0.1) is 13.2 Å². The summed E-state index contributed by atoms with van der Waals surface area (Å²) in [7, 11) is 1.78. The van der Waals surface area contributed by atoms with Gasteiger partial charge in [-0.05, 0) is 40.2 Å². The SMILES string of the molecule is CCOC(=O)C1CCCC(C(=O)OCC)N1C. The quantitative estimate of drug-likeness (QED) is 0.688. The smallest absolute Gasteiger partial charge is 0.323 e. The average Bonchev–Trinajstić information content (AvgIpc) is 2.29. The van der Waals surface area contributed by atoms with Crippen LogP contribution < -0.4 is 0 Å². The summed E-state index contributed by atoms with van der Waals surface area (Å²) in [4.78, 5) is 25.2. The van der Waals surface area contributed by atoms with E-state index in [1.807, 2.05) is 0 Å². The molecule has 5 nitrogen and oxygen atoms in total. The summed E-state index contributed by atoms with van der Waals surface area (Å²) in [6.45, 7) is 4.30. The van der Waals surface area contributed by atoms with Crippen LogP contribution in [0.3, 0.4) is 0 Å². The molecule has 0 aromatic carbocycles.